The summed E-state index contributed by atoms with van der Waals surface area (Å²) in [5, 5.41) is 5.75. The van der Waals surface area contributed by atoms with Crippen molar-refractivity contribution in [2.45, 2.75) is 33.5 Å². The van der Waals surface area contributed by atoms with E-state index in [-0.39, 0.29) is 11.5 Å². The third kappa shape index (κ3) is 4.82. The van der Waals surface area contributed by atoms with E-state index < -0.39 is 17.7 Å². The van der Waals surface area contributed by atoms with Crippen molar-refractivity contribution in [2.75, 3.05) is 10.6 Å². The maximum atomic E-state index is 12.5. The first-order valence-corrected chi connectivity index (χ1v) is 9.07. The van der Waals surface area contributed by atoms with E-state index in [1.807, 2.05) is 32.0 Å². The first-order chi connectivity index (χ1) is 13.6. The fraction of sp³-hybridized carbons (Fsp3) is 0.227. The maximum Gasteiger partial charge on any atom is 0.350 e. The first kappa shape index (κ1) is 20.1. The molecule has 2 aromatic rings. The second kappa shape index (κ2) is 7.79. The van der Waals surface area contributed by atoms with Gasteiger partial charge in [-0.25, -0.2) is 9.59 Å². The van der Waals surface area contributed by atoms with Gasteiger partial charge >= 0.3 is 11.9 Å². The molecule has 150 valence electrons. The quantitative estimate of drug-likeness (QED) is 0.467. The van der Waals surface area contributed by atoms with Gasteiger partial charge < -0.3 is 20.1 Å². The minimum Gasteiger partial charge on any atom is -0.419 e. The van der Waals surface area contributed by atoms with Gasteiger partial charge in [0, 0.05) is 37.0 Å². The number of nitrogens with one attached hydrogen (secondary N) is 2. The molecule has 0 aliphatic carbocycles. The molecule has 1 aliphatic rings. The molecule has 1 amide bonds. The summed E-state index contributed by atoms with van der Waals surface area (Å²) in [6, 6.07) is 12.5. The number of cyclic esters (lactones) is 2. The third-order valence-electron chi connectivity index (χ3n) is 4.30. The molecule has 0 unspecified atom stereocenters. The van der Waals surface area contributed by atoms with Crippen molar-refractivity contribution in [1.29, 1.82) is 0 Å². The number of carbonyl (C=O) groups is 3. The van der Waals surface area contributed by atoms with E-state index in [0.29, 0.717) is 16.9 Å². The Bertz CT molecular complexity index is 984. The van der Waals surface area contributed by atoms with Crippen molar-refractivity contribution in [3.8, 4) is 0 Å². The highest BCUT2D eigenvalue weighted by Crippen LogP contribution is 2.24. The number of anilines is 2. The van der Waals surface area contributed by atoms with Crippen molar-refractivity contribution >= 4 is 29.2 Å². The molecule has 0 radical (unpaired) electrons. The normalized spacial score (nSPS) is 15.2. The van der Waals surface area contributed by atoms with E-state index >= 15 is 0 Å². The molecule has 0 aromatic heterocycles. The Morgan fingerprint density at radius 3 is 2.21 bits per heavy atom. The zero-order valence-corrected chi connectivity index (χ0v) is 16.7. The molecule has 2 aromatic carbocycles. The molecule has 0 saturated carbocycles. The summed E-state index contributed by atoms with van der Waals surface area (Å²) in [6.45, 7) is 6.78. The summed E-state index contributed by atoms with van der Waals surface area (Å²) in [7, 11) is 0. The molecular weight excluding hydrogens is 372 g/mol. The second-order valence-corrected chi connectivity index (χ2v) is 7.23. The summed E-state index contributed by atoms with van der Waals surface area (Å²) >= 11 is 0. The number of ether oxygens (including phenoxy) is 2. The minimum atomic E-state index is -1.29. The molecule has 2 N–H and O–H groups in total. The Hall–Kier alpha value is -3.61. The molecule has 1 aliphatic heterocycles. The highest BCUT2D eigenvalue weighted by Gasteiger charge is 2.38. The molecule has 3 rings (SSSR count). The highest BCUT2D eigenvalue weighted by atomic mass is 16.7. The number of esters is 2. The lowest BCUT2D eigenvalue weighted by atomic mass is 10.1. The van der Waals surface area contributed by atoms with Crippen LogP contribution in [0.3, 0.4) is 0 Å². The number of carbonyl (C=O) groups excluding carboxylic acids is 3. The van der Waals surface area contributed by atoms with E-state index in [0.717, 1.165) is 11.1 Å². The average Bonchev–Trinajstić information content (AvgIpc) is 2.63. The Balaban J connectivity index is 1.75. The predicted molar refractivity (Wildman–Crippen MR) is 108 cm³/mol. The van der Waals surface area contributed by atoms with Crippen LogP contribution in [0.1, 0.15) is 35.3 Å². The molecule has 29 heavy (non-hydrogen) atoms. The smallest absolute Gasteiger partial charge is 0.350 e. The van der Waals surface area contributed by atoms with E-state index in [9.17, 15) is 14.4 Å². The summed E-state index contributed by atoms with van der Waals surface area (Å²) in [5.74, 6) is -3.05. The fourth-order valence-corrected chi connectivity index (χ4v) is 2.68. The van der Waals surface area contributed by atoms with Gasteiger partial charge in [0.25, 0.3) is 11.7 Å². The van der Waals surface area contributed by atoms with Crippen molar-refractivity contribution < 1.29 is 23.9 Å². The molecule has 0 spiro atoms. The van der Waals surface area contributed by atoms with Gasteiger partial charge in [0.2, 0.25) is 0 Å². The predicted octanol–water partition coefficient (Wildman–Crippen LogP) is 3.69. The van der Waals surface area contributed by atoms with E-state index in [1.54, 1.807) is 24.3 Å². The van der Waals surface area contributed by atoms with E-state index in [1.165, 1.54) is 20.0 Å². The van der Waals surface area contributed by atoms with Crippen LogP contribution in [-0.2, 0) is 19.1 Å². The minimum absolute atomic E-state index is 0.231. The van der Waals surface area contributed by atoms with E-state index in [2.05, 4.69) is 10.6 Å². The molecule has 1 heterocycles. The fourth-order valence-electron chi connectivity index (χ4n) is 2.68. The van der Waals surface area contributed by atoms with Crippen LogP contribution in [0.4, 0.5) is 11.4 Å². The number of benzene rings is 2. The third-order valence-corrected chi connectivity index (χ3v) is 4.30. The molecule has 0 bridgehead atoms. The molecule has 7 nitrogen and oxygen atoms in total. The largest absolute Gasteiger partial charge is 0.419 e. The Labute approximate surface area is 168 Å². The summed E-state index contributed by atoms with van der Waals surface area (Å²) in [6.07, 6.45) is 1.23. The van der Waals surface area contributed by atoms with Gasteiger partial charge in [-0.05, 0) is 43.7 Å². The Kier molecular flexibility index (Phi) is 5.41. The van der Waals surface area contributed by atoms with E-state index in [4.69, 9.17) is 9.47 Å². The van der Waals surface area contributed by atoms with Gasteiger partial charge in [0.15, 0.2) is 5.57 Å². The lowest BCUT2D eigenvalue weighted by Crippen LogP contribution is -2.42. The lowest BCUT2D eigenvalue weighted by Gasteiger charge is -2.29. The van der Waals surface area contributed by atoms with Crippen LogP contribution in [-0.4, -0.2) is 23.6 Å². The number of hydrogen-bond acceptors (Lipinski definition) is 6. The van der Waals surface area contributed by atoms with Crippen molar-refractivity contribution in [3.05, 3.63) is 70.9 Å². The molecule has 7 heteroatoms. The summed E-state index contributed by atoms with van der Waals surface area (Å²) in [4.78, 5) is 36.5. The van der Waals surface area contributed by atoms with Gasteiger partial charge in [-0.15, -0.1) is 0 Å². The summed E-state index contributed by atoms with van der Waals surface area (Å²) in [5.41, 5.74) is 3.42. The SMILES string of the molecule is Cc1ccc(C(=O)Nc2cc(NC=C3C(=O)OC(C)(C)OC3=O)ccc2C)cc1. The van der Waals surface area contributed by atoms with Crippen LogP contribution < -0.4 is 10.6 Å². The molecule has 1 fully saturated rings. The first-order valence-electron chi connectivity index (χ1n) is 9.07. The topological polar surface area (TPSA) is 93.7 Å². The molecule has 0 atom stereocenters. The maximum absolute atomic E-state index is 12.5. The Morgan fingerprint density at radius 2 is 1.59 bits per heavy atom. The number of hydrogen-bond donors (Lipinski definition) is 2. The number of rotatable bonds is 4. The van der Waals surface area contributed by atoms with Crippen LogP contribution in [0.2, 0.25) is 0 Å². The lowest BCUT2D eigenvalue weighted by molar-refractivity contribution is -0.222. The van der Waals surface area contributed by atoms with Crippen LogP contribution in [0.25, 0.3) is 0 Å². The Morgan fingerprint density at radius 1 is 0.966 bits per heavy atom. The van der Waals surface area contributed by atoms with Crippen LogP contribution in [0.15, 0.2) is 54.2 Å². The van der Waals surface area contributed by atoms with Gasteiger partial charge in [0.1, 0.15) is 0 Å². The van der Waals surface area contributed by atoms with Crippen LogP contribution in [0.5, 0.6) is 0 Å². The standard InChI is InChI=1S/C22H22N2O5/c1-13-5-8-15(9-6-13)19(25)24-18-11-16(10-7-14(18)2)23-12-17-20(26)28-22(3,4)29-21(17)27/h5-12,23H,1-4H3,(H,24,25). The van der Waals surface area contributed by atoms with Gasteiger partial charge in [-0.1, -0.05) is 23.8 Å². The second-order valence-electron chi connectivity index (χ2n) is 7.23. The van der Waals surface area contributed by atoms with Gasteiger partial charge in [0.05, 0.1) is 0 Å². The van der Waals surface area contributed by atoms with Gasteiger partial charge in [-0.3, -0.25) is 4.79 Å². The highest BCUT2D eigenvalue weighted by molar-refractivity contribution is 6.15. The molecule has 1 saturated heterocycles. The van der Waals surface area contributed by atoms with Crippen LogP contribution in [0, 0.1) is 13.8 Å². The van der Waals surface area contributed by atoms with Gasteiger partial charge in [-0.2, -0.15) is 0 Å². The summed E-state index contributed by atoms with van der Waals surface area (Å²) < 4.78 is 10.1. The monoisotopic (exact) mass is 394 g/mol. The molecular formula is C22H22N2O5. The number of aryl methyl sites for hydroxylation is 2. The van der Waals surface area contributed by atoms with Crippen molar-refractivity contribution in [1.82, 2.24) is 0 Å². The van der Waals surface area contributed by atoms with Crippen molar-refractivity contribution in [3.63, 3.8) is 0 Å². The average molecular weight is 394 g/mol. The zero-order chi connectivity index (χ0) is 21.2. The van der Waals surface area contributed by atoms with Crippen LogP contribution >= 0.6 is 0 Å². The number of amides is 1. The van der Waals surface area contributed by atoms with Crippen molar-refractivity contribution in [2.24, 2.45) is 0 Å². The zero-order valence-electron chi connectivity index (χ0n) is 16.7.